The van der Waals surface area contributed by atoms with Crippen molar-refractivity contribution in [2.45, 2.75) is 6.04 Å². The van der Waals surface area contributed by atoms with E-state index in [0.29, 0.717) is 15.6 Å². The van der Waals surface area contributed by atoms with Gasteiger partial charge in [-0.1, -0.05) is 53.5 Å². The van der Waals surface area contributed by atoms with Crippen molar-refractivity contribution in [2.24, 2.45) is 0 Å². The molecule has 2 aromatic rings. The van der Waals surface area contributed by atoms with E-state index in [1.165, 1.54) is 0 Å². The summed E-state index contributed by atoms with van der Waals surface area (Å²) in [5.41, 5.74) is 1.49. The van der Waals surface area contributed by atoms with E-state index in [0.717, 1.165) is 38.4 Å². The quantitative estimate of drug-likeness (QED) is 0.860. The summed E-state index contributed by atoms with van der Waals surface area (Å²) in [5.74, 6) is -0.205. The lowest BCUT2D eigenvalue weighted by Crippen LogP contribution is -2.43. The number of hydrogen-bond donors (Lipinski definition) is 1. The maximum Gasteiger partial charge on any atom is 0.253 e. The topological polar surface area (TPSA) is 41.6 Å². The van der Waals surface area contributed by atoms with Gasteiger partial charge in [0, 0.05) is 24.7 Å². The van der Waals surface area contributed by atoms with Crippen LogP contribution in [0, 0.1) is 0 Å². The van der Waals surface area contributed by atoms with Crippen LogP contribution in [0.1, 0.15) is 22.0 Å². The second-order valence-corrected chi connectivity index (χ2v) is 6.82. The van der Waals surface area contributed by atoms with Gasteiger partial charge in [0.1, 0.15) is 0 Å². The number of nitrogens with zero attached hydrogens (tertiary/aromatic N) is 1. The molecule has 1 heterocycles. The second kappa shape index (κ2) is 8.68. The number of halogens is 2. The smallest absolute Gasteiger partial charge is 0.253 e. The Labute approximate surface area is 157 Å². The van der Waals surface area contributed by atoms with E-state index < -0.39 is 0 Å². The van der Waals surface area contributed by atoms with Gasteiger partial charge < -0.3 is 10.1 Å². The Hall–Kier alpha value is -1.59. The van der Waals surface area contributed by atoms with E-state index in [1.807, 2.05) is 30.3 Å². The average molecular weight is 379 g/mol. The Morgan fingerprint density at radius 2 is 1.84 bits per heavy atom. The van der Waals surface area contributed by atoms with Crippen LogP contribution in [0.25, 0.3) is 0 Å². The van der Waals surface area contributed by atoms with Gasteiger partial charge in [0.15, 0.2) is 0 Å². The number of benzene rings is 2. The number of ether oxygens (including phenoxy) is 1. The standard InChI is InChI=1S/C19H20Cl2N2O2/c20-15-6-7-16(17(21)12-15)19(24)22-18(14-4-2-1-3-5-14)13-23-8-10-25-11-9-23/h1-7,12,18H,8-11,13H2,(H,22,24)/t18-/m1/s1. The molecule has 1 aliphatic heterocycles. The number of hydrogen-bond acceptors (Lipinski definition) is 3. The Morgan fingerprint density at radius 3 is 2.52 bits per heavy atom. The van der Waals surface area contributed by atoms with Crippen molar-refractivity contribution in [2.75, 3.05) is 32.8 Å². The predicted octanol–water partition coefficient (Wildman–Crippen LogP) is 3.80. The number of amides is 1. The molecule has 1 atom stereocenters. The molecule has 25 heavy (non-hydrogen) atoms. The van der Waals surface area contributed by atoms with E-state index in [1.54, 1.807) is 18.2 Å². The first-order chi connectivity index (χ1) is 12.1. The fourth-order valence-electron chi connectivity index (χ4n) is 2.87. The zero-order valence-corrected chi connectivity index (χ0v) is 15.3. The number of rotatable bonds is 5. The number of morpholine rings is 1. The molecule has 0 aliphatic carbocycles. The summed E-state index contributed by atoms with van der Waals surface area (Å²) in [7, 11) is 0. The largest absolute Gasteiger partial charge is 0.379 e. The molecule has 0 unspecified atom stereocenters. The fourth-order valence-corrected chi connectivity index (χ4v) is 3.37. The lowest BCUT2D eigenvalue weighted by atomic mass is 10.1. The van der Waals surface area contributed by atoms with Gasteiger partial charge in [-0.25, -0.2) is 0 Å². The Bertz CT molecular complexity index is 719. The Morgan fingerprint density at radius 1 is 1.12 bits per heavy atom. The summed E-state index contributed by atoms with van der Waals surface area (Å²) < 4.78 is 5.41. The third-order valence-corrected chi connectivity index (χ3v) is 4.78. The monoisotopic (exact) mass is 378 g/mol. The van der Waals surface area contributed by atoms with Crippen LogP contribution in [0.4, 0.5) is 0 Å². The molecule has 1 fully saturated rings. The van der Waals surface area contributed by atoms with Gasteiger partial charge in [-0.2, -0.15) is 0 Å². The molecule has 0 radical (unpaired) electrons. The Kier molecular flexibility index (Phi) is 6.32. The molecular weight excluding hydrogens is 359 g/mol. The molecule has 1 saturated heterocycles. The van der Waals surface area contributed by atoms with Crippen molar-refractivity contribution in [3.8, 4) is 0 Å². The van der Waals surface area contributed by atoms with Gasteiger partial charge in [0.2, 0.25) is 0 Å². The molecule has 6 heteroatoms. The van der Waals surface area contributed by atoms with Crippen LogP contribution in [0.3, 0.4) is 0 Å². The molecule has 1 amide bonds. The Balaban J connectivity index is 1.77. The molecule has 132 valence electrons. The van der Waals surface area contributed by atoms with E-state index in [2.05, 4.69) is 10.2 Å². The minimum Gasteiger partial charge on any atom is -0.379 e. The van der Waals surface area contributed by atoms with Crippen LogP contribution in [0.5, 0.6) is 0 Å². The minimum atomic E-state index is -0.205. The zero-order valence-electron chi connectivity index (χ0n) is 13.8. The van der Waals surface area contributed by atoms with Crippen molar-refractivity contribution >= 4 is 29.1 Å². The van der Waals surface area contributed by atoms with E-state index in [9.17, 15) is 4.79 Å². The second-order valence-electron chi connectivity index (χ2n) is 5.97. The highest BCUT2D eigenvalue weighted by atomic mass is 35.5. The van der Waals surface area contributed by atoms with Crippen molar-refractivity contribution in [3.05, 3.63) is 69.7 Å². The third-order valence-electron chi connectivity index (χ3n) is 4.23. The van der Waals surface area contributed by atoms with Crippen molar-refractivity contribution in [1.82, 2.24) is 10.2 Å². The first-order valence-corrected chi connectivity index (χ1v) is 9.00. The van der Waals surface area contributed by atoms with Gasteiger partial charge in [-0.05, 0) is 23.8 Å². The number of carbonyl (C=O) groups is 1. The van der Waals surface area contributed by atoms with Crippen LogP contribution < -0.4 is 5.32 Å². The summed E-state index contributed by atoms with van der Waals surface area (Å²) in [6.07, 6.45) is 0. The van der Waals surface area contributed by atoms with Crippen molar-refractivity contribution in [1.29, 1.82) is 0 Å². The SMILES string of the molecule is O=C(N[C@H](CN1CCOCC1)c1ccccc1)c1ccc(Cl)cc1Cl. The molecule has 1 aliphatic rings. The van der Waals surface area contributed by atoms with Gasteiger partial charge >= 0.3 is 0 Å². The predicted molar refractivity (Wildman–Crippen MR) is 100 cm³/mol. The molecule has 4 nitrogen and oxygen atoms in total. The first kappa shape index (κ1) is 18.2. The summed E-state index contributed by atoms with van der Waals surface area (Å²) >= 11 is 12.1. The molecule has 0 aromatic heterocycles. The lowest BCUT2D eigenvalue weighted by Gasteiger charge is -2.31. The molecule has 1 N–H and O–H groups in total. The van der Waals surface area contributed by atoms with Gasteiger partial charge in [-0.15, -0.1) is 0 Å². The van der Waals surface area contributed by atoms with E-state index in [4.69, 9.17) is 27.9 Å². The summed E-state index contributed by atoms with van der Waals surface area (Å²) in [5, 5.41) is 3.97. The third kappa shape index (κ3) is 4.95. The lowest BCUT2D eigenvalue weighted by molar-refractivity contribution is 0.0332. The molecule has 0 bridgehead atoms. The normalized spacial score (nSPS) is 16.4. The summed E-state index contributed by atoms with van der Waals surface area (Å²) in [6, 6.07) is 14.7. The molecule has 2 aromatic carbocycles. The van der Waals surface area contributed by atoms with Gasteiger partial charge in [-0.3, -0.25) is 9.69 Å². The molecule has 0 saturated carbocycles. The van der Waals surface area contributed by atoms with Crippen LogP contribution >= 0.6 is 23.2 Å². The maximum atomic E-state index is 12.7. The highest BCUT2D eigenvalue weighted by Crippen LogP contribution is 2.22. The van der Waals surface area contributed by atoms with Crippen LogP contribution in [-0.4, -0.2) is 43.7 Å². The highest BCUT2D eigenvalue weighted by Gasteiger charge is 2.21. The van der Waals surface area contributed by atoms with Crippen molar-refractivity contribution in [3.63, 3.8) is 0 Å². The highest BCUT2D eigenvalue weighted by molar-refractivity contribution is 6.36. The van der Waals surface area contributed by atoms with Crippen LogP contribution in [0.15, 0.2) is 48.5 Å². The number of nitrogens with one attached hydrogen (secondary N) is 1. The number of carbonyl (C=O) groups excluding carboxylic acids is 1. The van der Waals surface area contributed by atoms with Crippen LogP contribution in [-0.2, 0) is 4.74 Å². The zero-order chi connectivity index (χ0) is 17.6. The van der Waals surface area contributed by atoms with Crippen LogP contribution in [0.2, 0.25) is 10.0 Å². The molecular formula is C19H20Cl2N2O2. The van der Waals surface area contributed by atoms with E-state index >= 15 is 0 Å². The molecule has 0 spiro atoms. The van der Waals surface area contributed by atoms with Crippen molar-refractivity contribution < 1.29 is 9.53 Å². The summed E-state index contributed by atoms with van der Waals surface area (Å²) in [6.45, 7) is 3.89. The van der Waals surface area contributed by atoms with E-state index in [-0.39, 0.29) is 11.9 Å². The fraction of sp³-hybridized carbons (Fsp3) is 0.316. The molecule has 3 rings (SSSR count). The minimum absolute atomic E-state index is 0.126. The van der Waals surface area contributed by atoms with Gasteiger partial charge in [0.05, 0.1) is 29.8 Å². The summed E-state index contributed by atoms with van der Waals surface area (Å²) in [4.78, 5) is 15.0. The van der Waals surface area contributed by atoms with Gasteiger partial charge in [0.25, 0.3) is 5.91 Å². The average Bonchev–Trinajstić information content (AvgIpc) is 2.62. The first-order valence-electron chi connectivity index (χ1n) is 8.24. The maximum absolute atomic E-state index is 12.7.